The normalized spacial score (nSPS) is 17.1. The number of piperidine rings is 1. The van der Waals surface area contributed by atoms with E-state index in [1.54, 1.807) is 11.0 Å². The molecule has 3 aromatic heterocycles. The first-order valence-corrected chi connectivity index (χ1v) is 14.9. The van der Waals surface area contributed by atoms with Crippen LogP contribution in [0.3, 0.4) is 0 Å². The van der Waals surface area contributed by atoms with E-state index in [0.717, 1.165) is 18.9 Å². The third-order valence-corrected chi connectivity index (χ3v) is 7.98. The zero-order chi connectivity index (χ0) is 31.5. The molecule has 0 unspecified atom stereocenters. The van der Waals surface area contributed by atoms with Crippen LogP contribution in [0.2, 0.25) is 0 Å². The second kappa shape index (κ2) is 13.0. The van der Waals surface area contributed by atoms with Crippen LogP contribution in [0.15, 0.2) is 24.5 Å². The molecule has 0 saturated carbocycles. The van der Waals surface area contributed by atoms with Crippen LogP contribution in [-0.4, -0.2) is 69.0 Å². The third-order valence-electron chi connectivity index (χ3n) is 7.98. The van der Waals surface area contributed by atoms with E-state index in [2.05, 4.69) is 15.0 Å². The first-order chi connectivity index (χ1) is 20.9. The zero-order valence-corrected chi connectivity index (χ0v) is 25.2. The van der Waals surface area contributed by atoms with E-state index in [0.29, 0.717) is 69.1 Å². The molecule has 0 radical (unpaired) electrons. The lowest BCUT2D eigenvalue weighted by Gasteiger charge is -2.33. The molecule has 0 aliphatic carbocycles. The smallest absolute Gasteiger partial charge is 0.421 e. The maximum atomic E-state index is 14.2. The van der Waals surface area contributed by atoms with E-state index in [4.69, 9.17) is 14.2 Å². The molecule has 236 valence electrons. The highest BCUT2D eigenvalue weighted by Crippen LogP contribution is 2.39. The van der Waals surface area contributed by atoms with E-state index < -0.39 is 23.2 Å². The number of carbonyl (C=O) groups is 1. The fourth-order valence-electron chi connectivity index (χ4n) is 5.64. The Morgan fingerprint density at radius 2 is 1.84 bits per heavy atom. The summed E-state index contributed by atoms with van der Waals surface area (Å²) in [6.07, 6.45) is 1.78. The largest absolute Gasteiger partial charge is 0.477 e. The van der Waals surface area contributed by atoms with Crippen molar-refractivity contribution >= 4 is 17.1 Å². The molecule has 0 aromatic carbocycles. The maximum Gasteiger partial charge on any atom is 0.421 e. The molecule has 5 rings (SSSR count). The Morgan fingerprint density at radius 3 is 2.50 bits per heavy atom. The molecule has 2 aliphatic rings. The summed E-state index contributed by atoms with van der Waals surface area (Å²) in [6, 6.07) is 4.67. The molecule has 44 heavy (non-hydrogen) atoms. The van der Waals surface area contributed by atoms with Crippen molar-refractivity contribution in [2.75, 3.05) is 32.9 Å². The van der Waals surface area contributed by atoms with Gasteiger partial charge in [-0.25, -0.2) is 19.7 Å². The number of nitrogens with zero attached hydrogens (tertiary/aromatic N) is 6. The first-order valence-electron chi connectivity index (χ1n) is 14.9. The van der Waals surface area contributed by atoms with Gasteiger partial charge in [-0.05, 0) is 76.8 Å². The van der Waals surface area contributed by atoms with Gasteiger partial charge in [0.25, 0.3) is 0 Å². The van der Waals surface area contributed by atoms with Gasteiger partial charge in [-0.15, -0.1) is 0 Å². The van der Waals surface area contributed by atoms with Gasteiger partial charge >= 0.3 is 12.3 Å². The maximum absolute atomic E-state index is 14.2. The van der Waals surface area contributed by atoms with Crippen molar-refractivity contribution in [3.05, 3.63) is 35.9 Å². The van der Waals surface area contributed by atoms with Crippen molar-refractivity contribution in [1.82, 2.24) is 24.4 Å². The van der Waals surface area contributed by atoms with Crippen molar-refractivity contribution in [3.8, 4) is 23.2 Å². The number of halogens is 3. The van der Waals surface area contributed by atoms with E-state index in [1.807, 2.05) is 37.6 Å². The lowest BCUT2D eigenvalue weighted by Crippen LogP contribution is -2.41. The van der Waals surface area contributed by atoms with Crippen molar-refractivity contribution in [3.63, 3.8) is 0 Å². The van der Waals surface area contributed by atoms with Crippen LogP contribution >= 0.6 is 0 Å². The zero-order valence-electron chi connectivity index (χ0n) is 25.2. The summed E-state index contributed by atoms with van der Waals surface area (Å²) in [5.74, 6) is -0.0664. The van der Waals surface area contributed by atoms with Crippen LogP contribution in [0.4, 0.5) is 18.0 Å². The van der Waals surface area contributed by atoms with Crippen molar-refractivity contribution < 1.29 is 32.2 Å². The minimum Gasteiger partial charge on any atom is -0.477 e. The number of aromatic nitrogens is 4. The Morgan fingerprint density at radius 1 is 1.11 bits per heavy atom. The lowest BCUT2D eigenvalue weighted by atomic mass is 9.94. The molecule has 5 heterocycles. The molecule has 0 atom stereocenters. The number of fused-ring (bicyclic) bond motifs is 1. The first kappa shape index (κ1) is 31.5. The lowest BCUT2D eigenvalue weighted by molar-refractivity contribution is -0.139. The Hall–Kier alpha value is -3.92. The predicted octanol–water partition coefficient (Wildman–Crippen LogP) is 6.23. The van der Waals surface area contributed by atoms with Gasteiger partial charge in [0.15, 0.2) is 0 Å². The highest BCUT2D eigenvalue weighted by Gasteiger charge is 2.36. The Bertz CT molecular complexity index is 1510. The Kier molecular flexibility index (Phi) is 9.29. The number of carbonyl (C=O) groups excluding carboxylic acids is 1. The molecule has 2 aliphatic heterocycles. The molecule has 0 bridgehead atoms. The van der Waals surface area contributed by atoms with Crippen LogP contribution < -0.4 is 4.74 Å². The van der Waals surface area contributed by atoms with Gasteiger partial charge < -0.3 is 23.7 Å². The van der Waals surface area contributed by atoms with Gasteiger partial charge in [-0.1, -0.05) is 0 Å². The van der Waals surface area contributed by atoms with E-state index in [9.17, 15) is 23.2 Å². The molecular weight excluding hydrogens is 577 g/mol. The van der Waals surface area contributed by atoms with Crippen LogP contribution in [0.25, 0.3) is 22.3 Å². The fraction of sp³-hybridized carbons (Fsp3) is 0.581. The van der Waals surface area contributed by atoms with Gasteiger partial charge in [-0.3, -0.25) is 0 Å². The molecule has 1 amide bonds. The summed E-state index contributed by atoms with van der Waals surface area (Å²) < 4.78 is 61.0. The number of alkyl halides is 3. The number of hydrogen-bond acceptors (Lipinski definition) is 8. The highest BCUT2D eigenvalue weighted by molar-refractivity contribution is 5.91. The number of rotatable bonds is 7. The summed E-state index contributed by atoms with van der Waals surface area (Å²) in [7, 11) is 0. The van der Waals surface area contributed by atoms with Crippen molar-refractivity contribution in [1.29, 1.82) is 5.26 Å². The average Bonchev–Trinajstić information content (AvgIpc) is 3.38. The number of ether oxygens (including phenoxy) is 3. The summed E-state index contributed by atoms with van der Waals surface area (Å²) in [6.45, 7) is 8.56. The molecule has 2 saturated heterocycles. The number of amides is 1. The monoisotopic (exact) mass is 614 g/mol. The Balaban J connectivity index is 1.30. The van der Waals surface area contributed by atoms with Gasteiger partial charge in [-0.2, -0.15) is 18.4 Å². The highest BCUT2D eigenvalue weighted by atomic mass is 19.4. The van der Waals surface area contributed by atoms with Crippen molar-refractivity contribution in [2.45, 2.75) is 71.2 Å². The van der Waals surface area contributed by atoms with Gasteiger partial charge in [0.1, 0.15) is 22.9 Å². The summed E-state index contributed by atoms with van der Waals surface area (Å²) in [4.78, 5) is 26.7. The van der Waals surface area contributed by atoms with E-state index in [1.165, 1.54) is 6.20 Å². The number of likely N-dealkylation sites (tertiary alicyclic amines) is 1. The van der Waals surface area contributed by atoms with Crippen LogP contribution in [-0.2, 0) is 22.2 Å². The van der Waals surface area contributed by atoms with Crippen molar-refractivity contribution in [2.24, 2.45) is 11.8 Å². The topological polar surface area (TPSA) is 115 Å². The molecule has 10 nitrogen and oxygen atoms in total. The van der Waals surface area contributed by atoms with Gasteiger partial charge in [0.05, 0.1) is 12.3 Å². The number of hydrogen-bond donors (Lipinski definition) is 0. The SMILES string of the molecule is CC(C)(C)OC(=O)N1CCC(CCOc2ncc(-c3nc(C#N)nc4c3ccn4CC3CCOCC3)cc2C(F)(F)F)CC1. The minimum absolute atomic E-state index is 0.0535. The van der Waals surface area contributed by atoms with Gasteiger partial charge in [0, 0.05) is 56.2 Å². The fourth-order valence-corrected chi connectivity index (χ4v) is 5.64. The van der Waals surface area contributed by atoms with Crippen LogP contribution in [0.5, 0.6) is 5.88 Å². The molecule has 0 spiro atoms. The van der Waals surface area contributed by atoms with E-state index >= 15 is 0 Å². The standard InChI is InChI=1S/C31H37F3N6O4/c1-30(2,3)44-29(41)39-10-4-20(5-11-39)9-15-43-28-24(31(32,33)34)16-22(18-36-28)26-23-6-12-40(19-21-7-13-42-14-8-21)27(23)38-25(17-35)37-26/h6,12,16,18,20-21H,4-5,7-11,13-15,19H2,1-3H3. The molecular formula is C31H37F3N6O4. The average molecular weight is 615 g/mol. The summed E-state index contributed by atoms with van der Waals surface area (Å²) in [5, 5.41) is 10.1. The van der Waals surface area contributed by atoms with E-state index in [-0.39, 0.29) is 35.7 Å². The molecule has 3 aromatic rings. The minimum atomic E-state index is -4.73. The third kappa shape index (κ3) is 7.59. The van der Waals surface area contributed by atoms with Crippen LogP contribution in [0.1, 0.15) is 64.3 Å². The predicted molar refractivity (Wildman–Crippen MR) is 155 cm³/mol. The quantitative estimate of drug-likeness (QED) is 0.308. The summed E-state index contributed by atoms with van der Waals surface area (Å²) >= 11 is 0. The summed E-state index contributed by atoms with van der Waals surface area (Å²) in [5.41, 5.74) is -0.773. The number of pyridine rings is 1. The molecule has 2 fully saturated rings. The van der Waals surface area contributed by atoms with Gasteiger partial charge in [0.2, 0.25) is 11.7 Å². The second-order valence-corrected chi connectivity index (χ2v) is 12.4. The Labute approximate surface area is 254 Å². The number of nitriles is 1. The van der Waals surface area contributed by atoms with Crippen LogP contribution in [0, 0.1) is 23.2 Å². The molecule has 0 N–H and O–H groups in total. The second-order valence-electron chi connectivity index (χ2n) is 12.4. The molecule has 13 heteroatoms.